The van der Waals surface area contributed by atoms with Gasteiger partial charge in [-0.3, -0.25) is 5.32 Å². The molecule has 0 radical (unpaired) electrons. The van der Waals surface area contributed by atoms with Gasteiger partial charge in [0.15, 0.2) is 0 Å². The second-order valence-electron chi connectivity index (χ2n) is 6.67. The van der Waals surface area contributed by atoms with E-state index in [-0.39, 0.29) is 10.8 Å². The Bertz CT molecular complexity index is 490. The van der Waals surface area contributed by atoms with Gasteiger partial charge in [0.1, 0.15) is 0 Å². The summed E-state index contributed by atoms with van der Waals surface area (Å²) in [5.41, 5.74) is 3.06. The van der Waals surface area contributed by atoms with Crippen LogP contribution in [0.3, 0.4) is 0 Å². The van der Waals surface area contributed by atoms with Crippen LogP contribution in [0.25, 0.3) is 0 Å². The number of rotatable bonds is 5. The molecule has 0 heterocycles. The van der Waals surface area contributed by atoms with Gasteiger partial charge in [0.2, 0.25) is 0 Å². The molecule has 1 aromatic rings. The summed E-state index contributed by atoms with van der Waals surface area (Å²) in [7, 11) is 0. The van der Waals surface area contributed by atoms with E-state index in [9.17, 15) is 4.79 Å². The van der Waals surface area contributed by atoms with Crippen LogP contribution in [-0.2, 0) is 10.8 Å². The fraction of sp³-hybridized carbons (Fsp3) is 0.588. The van der Waals surface area contributed by atoms with E-state index in [2.05, 4.69) is 52.9 Å². The third kappa shape index (κ3) is 3.53. The van der Waals surface area contributed by atoms with Crippen molar-refractivity contribution in [3.05, 3.63) is 29.3 Å². The average molecular weight is 277 g/mol. The first-order chi connectivity index (χ1) is 9.14. The number of carboxylic acid groups (broad SMARTS) is 1. The van der Waals surface area contributed by atoms with E-state index < -0.39 is 6.09 Å². The second kappa shape index (κ2) is 5.86. The standard InChI is InChI=1S/C17H27NO2/c1-7-16(3,4)12-9-10-14(18-15(19)20)13(11-12)17(5,6)8-2/h9-11,18H,7-8H2,1-6H3,(H,19,20). The van der Waals surface area contributed by atoms with Crippen LogP contribution < -0.4 is 5.32 Å². The zero-order chi connectivity index (χ0) is 15.6. The molecule has 0 unspecified atom stereocenters. The minimum atomic E-state index is -1.01. The molecule has 112 valence electrons. The van der Waals surface area contributed by atoms with Crippen molar-refractivity contribution in [3.63, 3.8) is 0 Å². The SMILES string of the molecule is CCC(C)(C)c1ccc(NC(=O)O)c(C(C)(C)CC)c1. The molecule has 3 nitrogen and oxygen atoms in total. The van der Waals surface area contributed by atoms with Crippen LogP contribution in [0, 0.1) is 0 Å². The highest BCUT2D eigenvalue weighted by molar-refractivity contribution is 5.84. The smallest absolute Gasteiger partial charge is 0.409 e. The molecule has 0 aliphatic heterocycles. The Balaban J connectivity index is 3.40. The first-order valence-electron chi connectivity index (χ1n) is 7.29. The molecule has 0 aromatic heterocycles. The van der Waals surface area contributed by atoms with Crippen LogP contribution in [0.2, 0.25) is 0 Å². The topological polar surface area (TPSA) is 49.3 Å². The van der Waals surface area contributed by atoms with Crippen molar-refractivity contribution in [1.29, 1.82) is 0 Å². The first-order valence-corrected chi connectivity index (χ1v) is 7.29. The maximum absolute atomic E-state index is 11.0. The second-order valence-corrected chi connectivity index (χ2v) is 6.67. The zero-order valence-electron chi connectivity index (χ0n) is 13.5. The monoisotopic (exact) mass is 277 g/mol. The zero-order valence-corrected chi connectivity index (χ0v) is 13.5. The number of carbonyl (C=O) groups is 1. The highest BCUT2D eigenvalue weighted by Crippen LogP contribution is 2.37. The van der Waals surface area contributed by atoms with Crippen molar-refractivity contribution < 1.29 is 9.90 Å². The molecule has 0 fully saturated rings. The van der Waals surface area contributed by atoms with Crippen LogP contribution in [0.5, 0.6) is 0 Å². The summed E-state index contributed by atoms with van der Waals surface area (Å²) in [6.07, 6.45) is 0.989. The third-order valence-electron chi connectivity index (χ3n) is 4.54. The van der Waals surface area contributed by atoms with Crippen LogP contribution in [0.15, 0.2) is 18.2 Å². The lowest BCUT2D eigenvalue weighted by atomic mass is 9.76. The number of benzene rings is 1. The fourth-order valence-corrected chi connectivity index (χ4v) is 2.14. The van der Waals surface area contributed by atoms with E-state index in [0.717, 1.165) is 18.4 Å². The van der Waals surface area contributed by atoms with Gasteiger partial charge < -0.3 is 5.11 Å². The average Bonchev–Trinajstić information content (AvgIpc) is 2.38. The van der Waals surface area contributed by atoms with Gasteiger partial charge in [-0.1, -0.05) is 53.7 Å². The maximum Gasteiger partial charge on any atom is 0.409 e. The van der Waals surface area contributed by atoms with Gasteiger partial charge in [-0.2, -0.15) is 0 Å². The molecule has 3 heteroatoms. The Morgan fingerprint density at radius 3 is 2.10 bits per heavy atom. The predicted molar refractivity (Wildman–Crippen MR) is 84.7 cm³/mol. The maximum atomic E-state index is 11.0. The fourth-order valence-electron chi connectivity index (χ4n) is 2.14. The van der Waals surface area contributed by atoms with Crippen LogP contribution in [-0.4, -0.2) is 11.2 Å². The third-order valence-corrected chi connectivity index (χ3v) is 4.54. The van der Waals surface area contributed by atoms with Crippen LogP contribution in [0.4, 0.5) is 10.5 Å². The van der Waals surface area contributed by atoms with Gasteiger partial charge in [0.25, 0.3) is 0 Å². The lowest BCUT2D eigenvalue weighted by Gasteiger charge is -2.30. The van der Waals surface area contributed by atoms with Gasteiger partial charge in [-0.25, -0.2) is 4.79 Å². The Morgan fingerprint density at radius 1 is 1.10 bits per heavy atom. The van der Waals surface area contributed by atoms with Crippen molar-refractivity contribution in [2.24, 2.45) is 0 Å². The Hall–Kier alpha value is -1.51. The van der Waals surface area contributed by atoms with E-state index >= 15 is 0 Å². The summed E-state index contributed by atoms with van der Waals surface area (Å²) in [5, 5.41) is 11.5. The molecule has 0 atom stereocenters. The van der Waals surface area contributed by atoms with Crippen LogP contribution in [0.1, 0.15) is 65.5 Å². The Labute approximate surface area is 122 Å². The predicted octanol–water partition coefficient (Wildman–Crippen LogP) is 5.15. The van der Waals surface area contributed by atoms with E-state index in [1.165, 1.54) is 5.56 Å². The minimum absolute atomic E-state index is 0.0579. The summed E-state index contributed by atoms with van der Waals surface area (Å²) in [5.74, 6) is 0. The summed E-state index contributed by atoms with van der Waals surface area (Å²) in [6, 6.07) is 6.09. The molecule has 1 rings (SSSR count). The molecule has 0 spiro atoms. The molecule has 0 bridgehead atoms. The number of amides is 1. The molecule has 0 aliphatic rings. The van der Waals surface area contributed by atoms with Crippen molar-refractivity contribution in [2.75, 3.05) is 5.32 Å². The van der Waals surface area contributed by atoms with Crippen molar-refractivity contribution >= 4 is 11.8 Å². The molecule has 1 amide bonds. The molecular weight excluding hydrogens is 250 g/mol. The lowest BCUT2D eigenvalue weighted by Crippen LogP contribution is -2.22. The Kier molecular flexibility index (Phi) is 4.85. The van der Waals surface area contributed by atoms with Gasteiger partial charge >= 0.3 is 6.09 Å². The molecule has 2 N–H and O–H groups in total. The van der Waals surface area contributed by atoms with Gasteiger partial charge in [0, 0.05) is 5.69 Å². The molecule has 0 saturated carbocycles. The molecule has 20 heavy (non-hydrogen) atoms. The quantitative estimate of drug-likeness (QED) is 0.781. The molecule has 0 aliphatic carbocycles. The number of hydrogen-bond donors (Lipinski definition) is 2. The first kappa shape index (κ1) is 16.5. The van der Waals surface area contributed by atoms with Gasteiger partial charge in [-0.15, -0.1) is 0 Å². The van der Waals surface area contributed by atoms with E-state index in [0.29, 0.717) is 5.69 Å². The molecule has 1 aromatic carbocycles. The lowest BCUT2D eigenvalue weighted by molar-refractivity contribution is 0.209. The van der Waals surface area contributed by atoms with Crippen molar-refractivity contribution in [1.82, 2.24) is 0 Å². The van der Waals surface area contributed by atoms with E-state index in [1.807, 2.05) is 12.1 Å². The van der Waals surface area contributed by atoms with Crippen molar-refractivity contribution in [3.8, 4) is 0 Å². The van der Waals surface area contributed by atoms with E-state index in [4.69, 9.17) is 5.11 Å². The number of nitrogens with one attached hydrogen (secondary N) is 1. The summed E-state index contributed by atoms with van der Waals surface area (Å²) < 4.78 is 0. The minimum Gasteiger partial charge on any atom is -0.465 e. The van der Waals surface area contributed by atoms with Gasteiger partial charge in [0.05, 0.1) is 0 Å². The number of anilines is 1. The summed E-state index contributed by atoms with van der Waals surface area (Å²) in [6.45, 7) is 13.0. The van der Waals surface area contributed by atoms with Crippen LogP contribution >= 0.6 is 0 Å². The van der Waals surface area contributed by atoms with Gasteiger partial charge in [-0.05, 0) is 40.9 Å². The summed E-state index contributed by atoms with van der Waals surface area (Å²) >= 11 is 0. The normalized spacial score (nSPS) is 12.3. The Morgan fingerprint density at radius 2 is 1.65 bits per heavy atom. The summed E-state index contributed by atoms with van der Waals surface area (Å²) in [4.78, 5) is 11.0. The molecule has 0 saturated heterocycles. The molecular formula is C17H27NO2. The highest BCUT2D eigenvalue weighted by Gasteiger charge is 2.26. The van der Waals surface area contributed by atoms with E-state index in [1.54, 1.807) is 0 Å². The van der Waals surface area contributed by atoms with Crippen molar-refractivity contribution in [2.45, 2.75) is 65.2 Å². The largest absolute Gasteiger partial charge is 0.465 e. The highest BCUT2D eigenvalue weighted by atomic mass is 16.4. The number of hydrogen-bond acceptors (Lipinski definition) is 1.